The number of halogens is 6. The predicted octanol–water partition coefficient (Wildman–Crippen LogP) is 7.26. The number of aliphatic imine (C=N–C) groups is 1. The molecule has 0 aliphatic carbocycles. The summed E-state index contributed by atoms with van der Waals surface area (Å²) in [5.41, 5.74) is -0.150. The lowest BCUT2D eigenvalue weighted by Crippen LogP contribution is -2.37. The average molecular weight is 532 g/mol. The highest BCUT2D eigenvalue weighted by Gasteiger charge is 2.42. The van der Waals surface area contributed by atoms with Crippen LogP contribution in [0.3, 0.4) is 0 Å². The predicted molar refractivity (Wildman–Crippen MR) is 127 cm³/mol. The Morgan fingerprint density at radius 1 is 1.15 bits per heavy atom. The molecule has 11 heteroatoms. The second-order valence-corrected chi connectivity index (χ2v) is 9.32. The van der Waals surface area contributed by atoms with E-state index in [-0.39, 0.29) is 5.75 Å². The Morgan fingerprint density at radius 2 is 1.82 bits per heavy atom. The first kappa shape index (κ1) is 24.8. The minimum atomic E-state index is -4.13. The molecule has 1 aromatic heterocycles. The van der Waals surface area contributed by atoms with Crippen LogP contribution in [-0.4, -0.2) is 41.7 Å². The average Bonchev–Trinajstić information content (AvgIpc) is 3.28. The van der Waals surface area contributed by atoms with Crippen LogP contribution >= 0.6 is 34.5 Å². The van der Waals surface area contributed by atoms with Gasteiger partial charge in [-0.3, -0.25) is 5.01 Å². The van der Waals surface area contributed by atoms with Crippen LogP contribution < -0.4 is 4.74 Å². The van der Waals surface area contributed by atoms with E-state index in [2.05, 4.69) is 4.74 Å². The summed E-state index contributed by atoms with van der Waals surface area (Å²) in [5, 5.41) is 5.83. The van der Waals surface area contributed by atoms with Gasteiger partial charge in [-0.25, -0.2) is 13.8 Å². The lowest BCUT2D eigenvalue weighted by molar-refractivity contribution is -0.199. The number of ether oxygens (including phenoxy) is 1. The van der Waals surface area contributed by atoms with Gasteiger partial charge in [-0.15, -0.1) is 11.3 Å². The summed E-state index contributed by atoms with van der Waals surface area (Å²) >= 11 is 12.5. The van der Waals surface area contributed by atoms with Gasteiger partial charge in [0.1, 0.15) is 17.4 Å². The zero-order valence-electron chi connectivity index (χ0n) is 18.2. The van der Waals surface area contributed by atoms with Gasteiger partial charge in [-0.2, -0.15) is 13.8 Å². The van der Waals surface area contributed by atoms with Crippen molar-refractivity contribution in [1.29, 1.82) is 0 Å². The number of hydrazine groups is 1. The maximum atomic E-state index is 14.5. The summed E-state index contributed by atoms with van der Waals surface area (Å²) in [6, 6.07) is 10.4. The van der Waals surface area contributed by atoms with Crippen LogP contribution in [0.5, 0.6) is 5.75 Å². The van der Waals surface area contributed by atoms with E-state index in [1.54, 1.807) is 36.3 Å². The van der Waals surface area contributed by atoms with Gasteiger partial charge in [0.2, 0.25) is 0 Å². The van der Waals surface area contributed by atoms with Gasteiger partial charge < -0.3 is 4.74 Å². The molecule has 0 radical (unpaired) electrons. The van der Waals surface area contributed by atoms with Crippen molar-refractivity contribution in [2.45, 2.75) is 24.8 Å². The molecule has 0 spiro atoms. The Labute approximate surface area is 208 Å². The standard InChI is InChI=1S/C23H19Cl2F4N3OS/c1-12-15(20-30-21(32(3)31(20)2)18-16(24)5-4-6-17(18)26)11-34-19(12)13-7-9-14(10-8-13)33-23(28,29)22(25)27/h4-11,21-22H,1-3H3. The van der Waals surface area contributed by atoms with Gasteiger partial charge in [-0.05, 0) is 54.4 Å². The third-order valence-electron chi connectivity index (χ3n) is 5.54. The second kappa shape index (κ2) is 9.37. The third kappa shape index (κ3) is 4.49. The van der Waals surface area contributed by atoms with Crippen molar-refractivity contribution in [3.8, 4) is 16.2 Å². The molecule has 0 amide bonds. The lowest BCUT2D eigenvalue weighted by Gasteiger charge is -2.27. The summed E-state index contributed by atoms with van der Waals surface area (Å²) in [5.74, 6) is -0.00764. The fourth-order valence-electron chi connectivity index (χ4n) is 3.65. The Kier molecular flexibility index (Phi) is 6.83. The monoisotopic (exact) mass is 531 g/mol. The lowest BCUT2D eigenvalue weighted by atomic mass is 10.1. The van der Waals surface area contributed by atoms with E-state index < -0.39 is 23.7 Å². The van der Waals surface area contributed by atoms with E-state index in [0.717, 1.165) is 21.6 Å². The van der Waals surface area contributed by atoms with Crippen LogP contribution in [0.4, 0.5) is 17.6 Å². The molecule has 3 aromatic rings. The molecule has 2 unspecified atom stereocenters. The van der Waals surface area contributed by atoms with E-state index in [9.17, 15) is 17.6 Å². The number of nitrogens with zero attached hydrogens (tertiary/aromatic N) is 3. The quantitative estimate of drug-likeness (QED) is 0.247. The molecular weight excluding hydrogens is 513 g/mol. The van der Waals surface area contributed by atoms with E-state index >= 15 is 0 Å². The number of benzene rings is 2. The zero-order valence-corrected chi connectivity index (χ0v) is 20.5. The highest BCUT2D eigenvalue weighted by molar-refractivity contribution is 7.14. The van der Waals surface area contributed by atoms with Crippen molar-refractivity contribution < 1.29 is 22.3 Å². The highest BCUT2D eigenvalue weighted by Crippen LogP contribution is 2.39. The summed E-state index contributed by atoms with van der Waals surface area (Å²) in [6.07, 6.45) is -4.76. The summed E-state index contributed by atoms with van der Waals surface area (Å²) in [6.45, 7) is 1.92. The normalized spacial score (nSPS) is 17.7. The minimum absolute atomic E-state index is 0.211. The number of alkyl halides is 4. The van der Waals surface area contributed by atoms with Crippen LogP contribution in [0.1, 0.15) is 22.9 Å². The van der Waals surface area contributed by atoms with Crippen LogP contribution in [0.25, 0.3) is 10.4 Å². The molecule has 180 valence electrons. The zero-order chi connectivity index (χ0) is 24.8. The summed E-state index contributed by atoms with van der Waals surface area (Å²) in [7, 11) is 3.62. The molecular formula is C23H19Cl2F4N3OS. The molecule has 4 rings (SSSR count). The van der Waals surface area contributed by atoms with Gasteiger partial charge in [0.15, 0.2) is 6.17 Å². The van der Waals surface area contributed by atoms with Gasteiger partial charge in [-0.1, -0.05) is 29.3 Å². The molecule has 1 aliphatic rings. The van der Waals surface area contributed by atoms with Gasteiger partial charge >= 0.3 is 6.11 Å². The Balaban J connectivity index is 1.64. The molecule has 0 fully saturated rings. The van der Waals surface area contributed by atoms with Crippen LogP contribution in [0.15, 0.2) is 52.8 Å². The SMILES string of the molecule is Cc1c(C2=NC(c3c(F)cccc3Cl)N(C)N2C)csc1-c1ccc(OC(F)(F)C(F)Cl)cc1. The van der Waals surface area contributed by atoms with Crippen molar-refractivity contribution in [1.82, 2.24) is 10.0 Å². The topological polar surface area (TPSA) is 28.1 Å². The number of thiophene rings is 1. The van der Waals surface area contributed by atoms with Crippen LogP contribution in [0, 0.1) is 12.7 Å². The van der Waals surface area contributed by atoms with E-state index in [0.29, 0.717) is 16.4 Å². The third-order valence-corrected chi connectivity index (χ3v) is 7.26. The van der Waals surface area contributed by atoms with Crippen molar-refractivity contribution in [2.75, 3.05) is 14.1 Å². The van der Waals surface area contributed by atoms with Crippen molar-refractivity contribution >= 4 is 40.4 Å². The second-order valence-electron chi connectivity index (χ2n) is 7.65. The largest absolute Gasteiger partial charge is 0.444 e. The van der Waals surface area contributed by atoms with Gasteiger partial charge in [0.05, 0.1) is 5.02 Å². The molecule has 2 heterocycles. The first-order valence-corrected chi connectivity index (χ1v) is 11.7. The molecule has 2 atom stereocenters. The number of rotatable bonds is 6. The van der Waals surface area contributed by atoms with Gasteiger partial charge in [0, 0.05) is 35.5 Å². The first-order valence-electron chi connectivity index (χ1n) is 10.0. The summed E-state index contributed by atoms with van der Waals surface area (Å²) in [4.78, 5) is 5.64. The Bertz CT molecular complexity index is 1210. The number of amidine groups is 1. The first-order chi connectivity index (χ1) is 16.0. The molecule has 0 N–H and O–H groups in total. The molecule has 1 aliphatic heterocycles. The summed E-state index contributed by atoms with van der Waals surface area (Å²) < 4.78 is 58.5. The maximum Gasteiger partial charge on any atom is 0.444 e. The highest BCUT2D eigenvalue weighted by atomic mass is 35.5. The molecule has 0 saturated heterocycles. The molecule has 0 saturated carbocycles. The molecule has 4 nitrogen and oxygen atoms in total. The van der Waals surface area contributed by atoms with Crippen LogP contribution in [0.2, 0.25) is 5.02 Å². The van der Waals surface area contributed by atoms with Crippen LogP contribution in [-0.2, 0) is 0 Å². The number of hydrogen-bond acceptors (Lipinski definition) is 5. The van der Waals surface area contributed by atoms with Crippen molar-refractivity contribution in [3.05, 3.63) is 75.4 Å². The Morgan fingerprint density at radius 3 is 2.44 bits per heavy atom. The molecule has 0 bridgehead atoms. The fourth-order valence-corrected chi connectivity index (χ4v) is 5.03. The van der Waals surface area contributed by atoms with E-state index in [1.807, 2.05) is 24.4 Å². The molecule has 34 heavy (non-hydrogen) atoms. The van der Waals surface area contributed by atoms with Crippen molar-refractivity contribution in [3.63, 3.8) is 0 Å². The minimum Gasteiger partial charge on any atom is -0.429 e. The fraction of sp³-hybridized carbons (Fsp3) is 0.261. The van der Waals surface area contributed by atoms with E-state index in [1.165, 1.54) is 29.5 Å². The van der Waals surface area contributed by atoms with Crippen molar-refractivity contribution in [2.24, 2.45) is 4.99 Å². The van der Waals surface area contributed by atoms with E-state index in [4.69, 9.17) is 28.2 Å². The van der Waals surface area contributed by atoms with Gasteiger partial charge in [0.25, 0.3) is 5.63 Å². The smallest absolute Gasteiger partial charge is 0.429 e. The maximum absolute atomic E-state index is 14.5. The molecule has 2 aromatic carbocycles. The Hall–Kier alpha value is -2.33. The number of hydrogen-bond donors (Lipinski definition) is 0.